The zero-order valence-corrected chi connectivity index (χ0v) is 14.8. The van der Waals surface area contributed by atoms with E-state index in [0.717, 1.165) is 28.9 Å². The summed E-state index contributed by atoms with van der Waals surface area (Å²) in [5.41, 5.74) is 3.34. The van der Waals surface area contributed by atoms with Crippen molar-refractivity contribution in [1.29, 1.82) is 0 Å². The number of aryl methyl sites for hydroxylation is 1. The minimum atomic E-state index is -0.0400. The van der Waals surface area contributed by atoms with E-state index >= 15 is 0 Å². The second-order valence-corrected chi connectivity index (χ2v) is 5.85. The summed E-state index contributed by atoms with van der Waals surface area (Å²) >= 11 is 0. The molecule has 6 heteroatoms. The Bertz CT molecular complexity index is 871. The first kappa shape index (κ1) is 17.0. The van der Waals surface area contributed by atoms with Gasteiger partial charge in [0.2, 0.25) is 0 Å². The molecule has 1 heterocycles. The van der Waals surface area contributed by atoms with E-state index in [-0.39, 0.29) is 5.91 Å². The number of rotatable bonds is 6. The van der Waals surface area contributed by atoms with Crippen LogP contribution in [0, 0.1) is 0 Å². The molecule has 1 aromatic heterocycles. The van der Waals surface area contributed by atoms with Crippen molar-refractivity contribution in [2.75, 3.05) is 13.7 Å². The number of aromatic nitrogens is 3. The summed E-state index contributed by atoms with van der Waals surface area (Å²) in [6.07, 6.45) is 0. The van der Waals surface area contributed by atoms with E-state index < -0.39 is 0 Å². The molecule has 0 bridgehead atoms. The predicted molar refractivity (Wildman–Crippen MR) is 96.6 cm³/mol. The van der Waals surface area contributed by atoms with E-state index in [1.807, 2.05) is 54.9 Å². The van der Waals surface area contributed by atoms with Crippen molar-refractivity contribution in [3.05, 3.63) is 53.6 Å². The smallest absolute Gasteiger partial charge is 0.253 e. The Morgan fingerprint density at radius 1 is 1.16 bits per heavy atom. The lowest BCUT2D eigenvalue weighted by atomic mass is 10.1. The van der Waals surface area contributed by atoms with Crippen LogP contribution >= 0.6 is 0 Å². The number of hydrogen-bond acceptors (Lipinski definition) is 4. The van der Waals surface area contributed by atoms with Gasteiger partial charge in [0.05, 0.1) is 12.1 Å². The summed E-state index contributed by atoms with van der Waals surface area (Å²) in [4.78, 5) is 14.4. The van der Waals surface area contributed by atoms with Crippen LogP contribution in [0.25, 0.3) is 11.0 Å². The van der Waals surface area contributed by atoms with Crippen LogP contribution in [0.15, 0.2) is 42.5 Å². The fourth-order valence-corrected chi connectivity index (χ4v) is 2.76. The fourth-order valence-electron chi connectivity index (χ4n) is 2.76. The summed E-state index contributed by atoms with van der Waals surface area (Å²) in [6, 6.07) is 13.3. The zero-order valence-electron chi connectivity index (χ0n) is 14.8. The molecular formula is C19H22N4O2. The van der Waals surface area contributed by atoms with E-state index in [2.05, 4.69) is 10.3 Å². The Balaban J connectivity index is 1.73. The maximum absolute atomic E-state index is 12.7. The van der Waals surface area contributed by atoms with E-state index in [0.29, 0.717) is 18.7 Å². The minimum absolute atomic E-state index is 0.0400. The molecule has 0 saturated carbocycles. The molecule has 0 saturated heterocycles. The van der Waals surface area contributed by atoms with Gasteiger partial charge < -0.3 is 9.64 Å². The number of nitrogens with zero attached hydrogens (tertiary/aromatic N) is 4. The third-order valence-electron chi connectivity index (χ3n) is 4.06. The molecule has 6 nitrogen and oxygen atoms in total. The van der Waals surface area contributed by atoms with Gasteiger partial charge in [-0.3, -0.25) is 4.79 Å². The van der Waals surface area contributed by atoms with Crippen LogP contribution in [0.3, 0.4) is 0 Å². The molecule has 0 aliphatic carbocycles. The summed E-state index contributed by atoms with van der Waals surface area (Å²) in [5.74, 6) is 0.798. The topological polar surface area (TPSA) is 60.2 Å². The van der Waals surface area contributed by atoms with Gasteiger partial charge in [-0.15, -0.1) is 5.10 Å². The average molecular weight is 338 g/mol. The highest BCUT2D eigenvalue weighted by Crippen LogP contribution is 2.17. The summed E-state index contributed by atoms with van der Waals surface area (Å²) in [6.45, 7) is 5.89. The number of carbonyl (C=O) groups is 1. The van der Waals surface area contributed by atoms with E-state index in [9.17, 15) is 4.79 Å². The summed E-state index contributed by atoms with van der Waals surface area (Å²) < 4.78 is 7.25. The zero-order chi connectivity index (χ0) is 17.8. The Morgan fingerprint density at radius 2 is 1.92 bits per heavy atom. The van der Waals surface area contributed by atoms with Crippen molar-refractivity contribution >= 4 is 16.9 Å². The van der Waals surface area contributed by atoms with Crippen molar-refractivity contribution in [2.45, 2.75) is 26.9 Å². The largest absolute Gasteiger partial charge is 0.494 e. The molecule has 0 spiro atoms. The van der Waals surface area contributed by atoms with Crippen LogP contribution in [0.5, 0.6) is 5.75 Å². The molecule has 3 rings (SSSR count). The monoisotopic (exact) mass is 338 g/mol. The molecule has 0 aliphatic heterocycles. The first-order valence-corrected chi connectivity index (χ1v) is 8.42. The number of hydrogen-bond donors (Lipinski definition) is 0. The number of amides is 1. The molecular weight excluding hydrogens is 316 g/mol. The maximum Gasteiger partial charge on any atom is 0.253 e. The molecule has 0 fully saturated rings. The number of ether oxygens (including phenoxy) is 1. The van der Waals surface area contributed by atoms with Crippen LogP contribution in [0.2, 0.25) is 0 Å². The molecule has 3 aromatic rings. The van der Waals surface area contributed by atoms with E-state index in [1.54, 1.807) is 18.0 Å². The van der Waals surface area contributed by atoms with Gasteiger partial charge in [0.1, 0.15) is 11.3 Å². The Hall–Kier alpha value is -2.89. The van der Waals surface area contributed by atoms with Crippen LogP contribution in [-0.2, 0) is 13.1 Å². The fraction of sp³-hybridized carbons (Fsp3) is 0.316. The SMILES string of the molecule is CCOc1ccc(CN(C)C(=O)c2ccc3c(c2)nnn3CC)cc1. The maximum atomic E-state index is 12.7. The van der Waals surface area contributed by atoms with Gasteiger partial charge in [-0.25, -0.2) is 4.68 Å². The van der Waals surface area contributed by atoms with Crippen LogP contribution in [0.4, 0.5) is 0 Å². The Labute approximate surface area is 147 Å². The lowest BCUT2D eigenvalue weighted by Crippen LogP contribution is -2.26. The van der Waals surface area contributed by atoms with E-state index in [4.69, 9.17) is 4.74 Å². The molecule has 0 aliphatic rings. The predicted octanol–water partition coefficient (Wildman–Crippen LogP) is 3.12. The van der Waals surface area contributed by atoms with Gasteiger partial charge >= 0.3 is 0 Å². The van der Waals surface area contributed by atoms with Crippen molar-refractivity contribution in [3.63, 3.8) is 0 Å². The third kappa shape index (κ3) is 3.63. The third-order valence-corrected chi connectivity index (χ3v) is 4.06. The standard InChI is InChI=1S/C19H22N4O2/c1-4-23-18-11-8-15(12-17(18)20-21-23)19(24)22(3)13-14-6-9-16(10-7-14)25-5-2/h6-12H,4-5,13H2,1-3H3. The van der Waals surface area contributed by atoms with Crippen molar-refractivity contribution in [1.82, 2.24) is 19.9 Å². The first-order chi connectivity index (χ1) is 12.1. The lowest BCUT2D eigenvalue weighted by Gasteiger charge is -2.17. The van der Waals surface area contributed by atoms with Crippen molar-refractivity contribution in [3.8, 4) is 5.75 Å². The highest BCUT2D eigenvalue weighted by atomic mass is 16.5. The Morgan fingerprint density at radius 3 is 2.60 bits per heavy atom. The highest BCUT2D eigenvalue weighted by Gasteiger charge is 2.14. The molecule has 0 radical (unpaired) electrons. The molecule has 0 N–H and O–H groups in total. The summed E-state index contributed by atoms with van der Waals surface area (Å²) in [7, 11) is 1.80. The van der Waals surface area contributed by atoms with Crippen LogP contribution in [0.1, 0.15) is 29.8 Å². The molecule has 130 valence electrons. The number of fused-ring (bicyclic) bond motifs is 1. The highest BCUT2D eigenvalue weighted by molar-refractivity contribution is 5.97. The normalized spacial score (nSPS) is 10.8. The number of carbonyl (C=O) groups excluding carboxylic acids is 1. The van der Waals surface area contributed by atoms with Crippen LogP contribution < -0.4 is 4.74 Å². The van der Waals surface area contributed by atoms with Gasteiger partial charge in [-0.2, -0.15) is 0 Å². The van der Waals surface area contributed by atoms with Crippen molar-refractivity contribution < 1.29 is 9.53 Å². The molecule has 1 amide bonds. The van der Waals surface area contributed by atoms with Gasteiger partial charge in [-0.1, -0.05) is 17.3 Å². The van der Waals surface area contributed by atoms with Gasteiger partial charge in [0.25, 0.3) is 5.91 Å². The second-order valence-electron chi connectivity index (χ2n) is 5.85. The lowest BCUT2D eigenvalue weighted by molar-refractivity contribution is 0.0785. The quantitative estimate of drug-likeness (QED) is 0.693. The molecule has 2 aromatic carbocycles. The first-order valence-electron chi connectivity index (χ1n) is 8.42. The van der Waals surface area contributed by atoms with Crippen molar-refractivity contribution in [2.24, 2.45) is 0 Å². The average Bonchev–Trinajstić information content (AvgIpc) is 3.05. The molecule has 0 unspecified atom stereocenters. The number of benzene rings is 2. The van der Waals surface area contributed by atoms with Gasteiger partial charge in [0, 0.05) is 25.7 Å². The second kappa shape index (κ2) is 7.34. The Kier molecular flexibility index (Phi) is 4.97. The molecule has 25 heavy (non-hydrogen) atoms. The summed E-state index contributed by atoms with van der Waals surface area (Å²) in [5, 5.41) is 8.21. The van der Waals surface area contributed by atoms with Gasteiger partial charge in [-0.05, 0) is 49.7 Å². The van der Waals surface area contributed by atoms with Gasteiger partial charge in [0.15, 0.2) is 0 Å². The van der Waals surface area contributed by atoms with Crippen LogP contribution in [-0.4, -0.2) is 39.5 Å². The molecule has 0 atom stereocenters. The van der Waals surface area contributed by atoms with E-state index in [1.165, 1.54) is 0 Å². The minimum Gasteiger partial charge on any atom is -0.494 e.